The second-order valence-electron chi connectivity index (χ2n) is 8.41. The van der Waals surface area contributed by atoms with E-state index in [1.54, 1.807) is 4.90 Å². The number of hydrogen-bond donors (Lipinski definition) is 0. The molecule has 0 unspecified atom stereocenters. The highest BCUT2D eigenvalue weighted by Crippen LogP contribution is 2.24. The minimum absolute atomic E-state index is 0.0675. The van der Waals surface area contributed by atoms with Crippen LogP contribution in [0.4, 0.5) is 0 Å². The van der Waals surface area contributed by atoms with Crippen molar-refractivity contribution in [1.29, 1.82) is 0 Å². The zero-order valence-electron chi connectivity index (χ0n) is 16.8. The van der Waals surface area contributed by atoms with Crippen LogP contribution in [-0.2, 0) is 19.1 Å². The van der Waals surface area contributed by atoms with Crippen molar-refractivity contribution in [3.63, 3.8) is 0 Å². The number of rotatable bonds is 5. The van der Waals surface area contributed by atoms with E-state index in [9.17, 15) is 14.4 Å². The number of likely N-dealkylation sites (tertiary alicyclic amines) is 1. The average Bonchev–Trinajstić information content (AvgIpc) is 2.50. The molecular formula is C19H34N2O4. The van der Waals surface area contributed by atoms with Crippen LogP contribution in [0.25, 0.3) is 0 Å². The van der Waals surface area contributed by atoms with Gasteiger partial charge in [-0.15, -0.1) is 0 Å². The first-order valence-electron chi connectivity index (χ1n) is 9.22. The zero-order chi connectivity index (χ0) is 19.4. The smallest absolute Gasteiger partial charge is 0.309 e. The number of piperidine rings is 1. The number of nitrogens with zero attached hydrogens (tertiary/aromatic N) is 2. The van der Waals surface area contributed by atoms with E-state index in [0.717, 1.165) is 0 Å². The Bertz CT molecular complexity index is 478. The number of carbonyl (C=O) groups excluding carboxylic acids is 3. The molecule has 0 radical (unpaired) electrons. The molecule has 1 saturated heterocycles. The van der Waals surface area contributed by atoms with Gasteiger partial charge in [-0.3, -0.25) is 14.4 Å². The van der Waals surface area contributed by atoms with Crippen molar-refractivity contribution in [2.45, 2.75) is 73.4 Å². The van der Waals surface area contributed by atoms with E-state index in [1.807, 2.05) is 53.4 Å². The molecular weight excluding hydrogens is 320 g/mol. The fourth-order valence-electron chi connectivity index (χ4n) is 3.29. The summed E-state index contributed by atoms with van der Waals surface area (Å²) >= 11 is 0. The van der Waals surface area contributed by atoms with Crippen molar-refractivity contribution in [2.75, 3.05) is 19.7 Å². The standard InChI is InChI=1S/C19H34N2O4/c1-13(2)21(14(3)4)16(22)12-25-17(23)15-8-10-20(11-9-15)18(24)19(5,6)7/h13-15H,8-12H2,1-7H3. The Balaban J connectivity index is 2.48. The summed E-state index contributed by atoms with van der Waals surface area (Å²) in [5, 5.41) is 0. The van der Waals surface area contributed by atoms with Crippen molar-refractivity contribution < 1.29 is 19.1 Å². The normalized spacial score (nSPS) is 16.3. The second kappa shape index (κ2) is 8.68. The fraction of sp³-hybridized carbons (Fsp3) is 0.842. The van der Waals surface area contributed by atoms with Crippen molar-refractivity contribution >= 4 is 17.8 Å². The molecule has 1 heterocycles. The van der Waals surface area contributed by atoms with E-state index >= 15 is 0 Å². The SMILES string of the molecule is CC(C)N(C(=O)COC(=O)C1CCN(C(=O)C(C)(C)C)CC1)C(C)C. The summed E-state index contributed by atoms with van der Waals surface area (Å²) in [5.41, 5.74) is -0.406. The third-order valence-electron chi connectivity index (χ3n) is 4.50. The van der Waals surface area contributed by atoms with Gasteiger partial charge in [-0.25, -0.2) is 0 Å². The first-order chi connectivity index (χ1) is 11.4. The predicted molar refractivity (Wildman–Crippen MR) is 96.8 cm³/mol. The summed E-state index contributed by atoms with van der Waals surface area (Å²) in [7, 11) is 0. The van der Waals surface area contributed by atoms with Gasteiger partial charge < -0.3 is 14.5 Å². The molecule has 0 N–H and O–H groups in total. The van der Waals surface area contributed by atoms with E-state index < -0.39 is 5.41 Å². The monoisotopic (exact) mass is 354 g/mol. The van der Waals surface area contributed by atoms with Gasteiger partial charge in [0.25, 0.3) is 5.91 Å². The average molecular weight is 354 g/mol. The van der Waals surface area contributed by atoms with Crippen molar-refractivity contribution in [3.8, 4) is 0 Å². The van der Waals surface area contributed by atoms with Crippen LogP contribution < -0.4 is 0 Å². The summed E-state index contributed by atoms with van der Waals surface area (Å²) in [5.74, 6) is -0.621. The Kier molecular flexibility index (Phi) is 7.44. The molecule has 25 heavy (non-hydrogen) atoms. The second-order valence-corrected chi connectivity index (χ2v) is 8.41. The zero-order valence-corrected chi connectivity index (χ0v) is 16.8. The molecule has 2 amide bonds. The third kappa shape index (κ3) is 6.01. The lowest BCUT2D eigenvalue weighted by molar-refractivity contribution is -0.159. The first-order valence-corrected chi connectivity index (χ1v) is 9.22. The van der Waals surface area contributed by atoms with Crippen LogP contribution in [0.2, 0.25) is 0 Å². The lowest BCUT2D eigenvalue weighted by atomic mass is 9.91. The van der Waals surface area contributed by atoms with Gasteiger partial charge in [-0.1, -0.05) is 20.8 Å². The van der Waals surface area contributed by atoms with Gasteiger partial charge >= 0.3 is 5.97 Å². The number of carbonyl (C=O) groups is 3. The molecule has 1 aliphatic rings. The summed E-state index contributed by atoms with van der Waals surface area (Å²) in [6.45, 7) is 14.4. The molecule has 0 saturated carbocycles. The van der Waals surface area contributed by atoms with Gasteiger partial charge in [0.1, 0.15) is 0 Å². The largest absolute Gasteiger partial charge is 0.455 e. The van der Waals surface area contributed by atoms with Crippen LogP contribution in [0.15, 0.2) is 0 Å². The fourth-order valence-corrected chi connectivity index (χ4v) is 3.29. The maximum atomic E-state index is 12.3. The summed E-state index contributed by atoms with van der Waals surface area (Å²) in [6.07, 6.45) is 1.18. The molecule has 0 aliphatic carbocycles. The highest BCUT2D eigenvalue weighted by Gasteiger charge is 2.33. The lowest BCUT2D eigenvalue weighted by Crippen LogP contribution is -2.46. The quantitative estimate of drug-likeness (QED) is 0.711. The summed E-state index contributed by atoms with van der Waals surface area (Å²) < 4.78 is 5.25. The van der Waals surface area contributed by atoms with E-state index in [-0.39, 0.29) is 42.4 Å². The lowest BCUT2D eigenvalue weighted by Gasteiger charge is -2.35. The van der Waals surface area contributed by atoms with E-state index in [4.69, 9.17) is 4.74 Å². The van der Waals surface area contributed by atoms with Crippen molar-refractivity contribution in [2.24, 2.45) is 11.3 Å². The van der Waals surface area contributed by atoms with Crippen LogP contribution in [0.3, 0.4) is 0 Å². The minimum Gasteiger partial charge on any atom is -0.455 e. The maximum Gasteiger partial charge on any atom is 0.309 e. The molecule has 1 rings (SSSR count). The summed E-state index contributed by atoms with van der Waals surface area (Å²) in [6, 6.07) is 0.135. The van der Waals surface area contributed by atoms with Crippen LogP contribution >= 0.6 is 0 Å². The molecule has 6 nitrogen and oxygen atoms in total. The van der Waals surface area contributed by atoms with E-state index in [2.05, 4.69) is 0 Å². The van der Waals surface area contributed by atoms with Crippen LogP contribution in [-0.4, -0.2) is 59.4 Å². The van der Waals surface area contributed by atoms with Crippen LogP contribution in [0, 0.1) is 11.3 Å². The molecule has 1 fully saturated rings. The molecule has 0 aromatic carbocycles. The van der Waals surface area contributed by atoms with Gasteiger partial charge in [-0.2, -0.15) is 0 Å². The first kappa shape index (κ1) is 21.5. The van der Waals surface area contributed by atoms with Crippen molar-refractivity contribution in [1.82, 2.24) is 9.80 Å². The molecule has 144 valence electrons. The highest BCUT2D eigenvalue weighted by molar-refractivity contribution is 5.83. The molecule has 1 aliphatic heterocycles. The van der Waals surface area contributed by atoms with Crippen LogP contribution in [0.1, 0.15) is 61.3 Å². The highest BCUT2D eigenvalue weighted by atomic mass is 16.5. The molecule has 0 aromatic heterocycles. The number of esters is 1. The molecule has 0 spiro atoms. The number of ether oxygens (including phenoxy) is 1. The van der Waals surface area contributed by atoms with Gasteiger partial charge in [0.15, 0.2) is 6.61 Å². The topological polar surface area (TPSA) is 66.9 Å². The Hall–Kier alpha value is -1.59. The molecule has 6 heteroatoms. The van der Waals surface area contributed by atoms with E-state index in [1.165, 1.54) is 0 Å². The van der Waals surface area contributed by atoms with E-state index in [0.29, 0.717) is 25.9 Å². The molecule has 0 atom stereocenters. The Morgan fingerprint density at radius 3 is 1.92 bits per heavy atom. The summed E-state index contributed by atoms with van der Waals surface area (Å²) in [4.78, 5) is 40.3. The van der Waals surface area contributed by atoms with Gasteiger partial charge in [-0.05, 0) is 40.5 Å². The molecule has 0 bridgehead atoms. The Labute approximate surface area is 151 Å². The van der Waals surface area contributed by atoms with Gasteiger partial charge in [0.05, 0.1) is 5.92 Å². The van der Waals surface area contributed by atoms with Crippen molar-refractivity contribution in [3.05, 3.63) is 0 Å². The number of hydrogen-bond acceptors (Lipinski definition) is 4. The predicted octanol–water partition coefficient (Wildman–Crippen LogP) is 2.46. The van der Waals surface area contributed by atoms with Gasteiger partial charge in [0, 0.05) is 30.6 Å². The Morgan fingerprint density at radius 1 is 1.04 bits per heavy atom. The minimum atomic E-state index is -0.406. The van der Waals surface area contributed by atoms with Gasteiger partial charge in [0.2, 0.25) is 5.91 Å². The van der Waals surface area contributed by atoms with Crippen LogP contribution in [0.5, 0.6) is 0 Å². The molecule has 0 aromatic rings. The maximum absolute atomic E-state index is 12.3. The third-order valence-corrected chi connectivity index (χ3v) is 4.50. The number of amides is 2. The Morgan fingerprint density at radius 2 is 1.52 bits per heavy atom.